The Morgan fingerprint density at radius 3 is 0.716 bits per heavy atom. The molecule has 19 heteroatoms. The molecule has 0 saturated heterocycles. The molecule has 0 aromatic rings. The zero-order valence-electron chi connectivity index (χ0n) is 62.1. The lowest BCUT2D eigenvalue weighted by Crippen LogP contribution is -2.30. The molecule has 564 valence electrons. The third-order valence-electron chi connectivity index (χ3n) is 17.6. The maximum atomic E-state index is 13.1. The summed E-state index contributed by atoms with van der Waals surface area (Å²) < 4.78 is 68.5. The van der Waals surface area contributed by atoms with E-state index in [-0.39, 0.29) is 25.7 Å². The molecule has 0 heterocycles. The number of hydrogen-bond acceptors (Lipinski definition) is 15. The van der Waals surface area contributed by atoms with Crippen LogP contribution in [0.2, 0.25) is 0 Å². The molecule has 0 spiro atoms. The van der Waals surface area contributed by atoms with E-state index in [9.17, 15) is 43.2 Å². The normalized spacial score (nSPS) is 14.1. The van der Waals surface area contributed by atoms with E-state index in [1.165, 1.54) is 193 Å². The molecule has 0 saturated carbocycles. The topological polar surface area (TPSA) is 237 Å². The standard InChI is InChI=1S/C76H148O17P2/c1-8-9-10-11-12-13-14-15-16-20-23-26-29-36-43-50-57-73(78)86-63-71(92-75(80)59-52-45-37-30-27-24-21-18-17-19-22-25-28-33-40-47-54-67(2)3)65-90-94(82,83)88-61-70(77)62-89-95(84,85)91-66-72(93-76(81)60-53-46-39-32-35-42-49-56-69(6)7)64-87-74(79)58-51-44-38-31-34-41-48-55-68(4)5/h67-72,77H,8-66H2,1-7H3,(H,82,83)(H,84,85)/t70-,71-,72-/m1/s1. The fraction of sp³-hybridized carbons (Fsp3) is 0.947. The van der Waals surface area contributed by atoms with Crippen molar-refractivity contribution in [2.75, 3.05) is 39.6 Å². The van der Waals surface area contributed by atoms with Gasteiger partial charge in [0.05, 0.1) is 26.4 Å². The van der Waals surface area contributed by atoms with Gasteiger partial charge in [-0.25, -0.2) is 9.13 Å². The fourth-order valence-corrected chi connectivity index (χ4v) is 13.2. The van der Waals surface area contributed by atoms with Crippen LogP contribution in [0, 0.1) is 17.8 Å². The van der Waals surface area contributed by atoms with Gasteiger partial charge in [-0.2, -0.15) is 0 Å². The van der Waals surface area contributed by atoms with Gasteiger partial charge in [0.25, 0.3) is 0 Å². The quantitative estimate of drug-likeness (QED) is 0.0222. The van der Waals surface area contributed by atoms with Crippen molar-refractivity contribution >= 4 is 39.5 Å². The Morgan fingerprint density at radius 1 is 0.284 bits per heavy atom. The molecule has 0 aliphatic rings. The summed E-state index contributed by atoms with van der Waals surface area (Å²) in [5.41, 5.74) is 0. The van der Waals surface area contributed by atoms with Crippen molar-refractivity contribution in [2.45, 2.75) is 407 Å². The van der Waals surface area contributed by atoms with Gasteiger partial charge in [0, 0.05) is 25.7 Å². The lowest BCUT2D eigenvalue weighted by Gasteiger charge is -2.21. The zero-order valence-corrected chi connectivity index (χ0v) is 63.9. The lowest BCUT2D eigenvalue weighted by molar-refractivity contribution is -0.161. The van der Waals surface area contributed by atoms with Crippen LogP contribution in [0.1, 0.15) is 389 Å². The van der Waals surface area contributed by atoms with Crippen LogP contribution >= 0.6 is 15.6 Å². The number of hydrogen-bond donors (Lipinski definition) is 3. The van der Waals surface area contributed by atoms with Crippen molar-refractivity contribution in [2.24, 2.45) is 17.8 Å². The number of aliphatic hydroxyl groups is 1. The maximum Gasteiger partial charge on any atom is 0.472 e. The highest BCUT2D eigenvalue weighted by molar-refractivity contribution is 7.47. The van der Waals surface area contributed by atoms with Gasteiger partial charge in [0.2, 0.25) is 0 Å². The molecule has 0 rings (SSSR count). The third-order valence-corrected chi connectivity index (χ3v) is 19.5. The summed E-state index contributed by atoms with van der Waals surface area (Å²) in [5, 5.41) is 10.6. The third kappa shape index (κ3) is 70.3. The number of ether oxygens (including phenoxy) is 4. The Bertz CT molecular complexity index is 1850. The van der Waals surface area contributed by atoms with Gasteiger partial charge in [0.1, 0.15) is 19.3 Å². The van der Waals surface area contributed by atoms with Crippen LogP contribution in [0.4, 0.5) is 0 Å². The Hall–Kier alpha value is -1.94. The van der Waals surface area contributed by atoms with E-state index < -0.39 is 97.5 Å². The number of rotatable bonds is 74. The average Bonchev–Trinajstić information content (AvgIpc) is 1.41. The Labute approximate surface area is 581 Å². The van der Waals surface area contributed by atoms with Crippen molar-refractivity contribution < 1.29 is 80.2 Å². The second-order valence-electron chi connectivity index (χ2n) is 28.8. The Balaban J connectivity index is 5.22. The van der Waals surface area contributed by atoms with Crippen molar-refractivity contribution in [3.8, 4) is 0 Å². The van der Waals surface area contributed by atoms with E-state index in [0.29, 0.717) is 37.5 Å². The van der Waals surface area contributed by atoms with Crippen molar-refractivity contribution in [3.63, 3.8) is 0 Å². The van der Waals surface area contributed by atoms with Gasteiger partial charge in [-0.15, -0.1) is 0 Å². The number of carbonyl (C=O) groups excluding carboxylic acids is 4. The van der Waals surface area contributed by atoms with Gasteiger partial charge in [0.15, 0.2) is 12.2 Å². The minimum atomic E-state index is -4.96. The summed E-state index contributed by atoms with van der Waals surface area (Å²) >= 11 is 0. The number of carbonyl (C=O) groups is 4. The van der Waals surface area contributed by atoms with E-state index in [1.807, 2.05) is 0 Å². The summed E-state index contributed by atoms with van der Waals surface area (Å²) in [6.45, 7) is 11.8. The number of phosphoric acid groups is 2. The molecular weight excluding hydrogens is 1250 g/mol. The van der Waals surface area contributed by atoms with E-state index >= 15 is 0 Å². The number of aliphatic hydroxyl groups excluding tert-OH is 1. The highest BCUT2D eigenvalue weighted by atomic mass is 31.2. The van der Waals surface area contributed by atoms with Crippen LogP contribution in [-0.2, 0) is 65.4 Å². The summed E-state index contributed by atoms with van der Waals surface area (Å²) in [4.78, 5) is 72.7. The summed E-state index contributed by atoms with van der Waals surface area (Å²) in [6, 6.07) is 0. The summed E-state index contributed by atoms with van der Waals surface area (Å²) in [5.74, 6) is 0.0891. The molecule has 5 atom stereocenters. The second-order valence-corrected chi connectivity index (χ2v) is 31.7. The van der Waals surface area contributed by atoms with Crippen LogP contribution in [0.25, 0.3) is 0 Å². The first-order valence-corrected chi connectivity index (χ1v) is 42.3. The van der Waals surface area contributed by atoms with Gasteiger partial charge in [-0.1, -0.05) is 337 Å². The molecule has 0 aliphatic carbocycles. The van der Waals surface area contributed by atoms with Crippen molar-refractivity contribution in [3.05, 3.63) is 0 Å². The second kappa shape index (κ2) is 66.6. The SMILES string of the molecule is CCCCCCCCCCCCCCCCCCC(=O)OC[C@H](COP(=O)(O)OC[C@@H](O)COP(=O)(O)OC[C@@H](COC(=O)CCCCCCCCCC(C)C)OC(=O)CCCCCCCCCC(C)C)OC(=O)CCCCCCCCCCCCCCCCCCC(C)C. The number of phosphoric ester groups is 2. The molecule has 0 aliphatic heterocycles. The smallest absolute Gasteiger partial charge is 0.462 e. The monoisotopic (exact) mass is 1400 g/mol. The lowest BCUT2D eigenvalue weighted by atomic mass is 10.0. The fourth-order valence-electron chi connectivity index (χ4n) is 11.6. The molecule has 3 N–H and O–H groups in total. The molecule has 0 aromatic carbocycles. The number of esters is 4. The molecule has 0 radical (unpaired) electrons. The molecule has 0 fully saturated rings. The molecule has 95 heavy (non-hydrogen) atoms. The molecule has 17 nitrogen and oxygen atoms in total. The van der Waals surface area contributed by atoms with Gasteiger partial charge in [-0.3, -0.25) is 37.3 Å². The van der Waals surface area contributed by atoms with Crippen molar-refractivity contribution in [1.29, 1.82) is 0 Å². The first kappa shape index (κ1) is 93.1. The summed E-state index contributed by atoms with van der Waals surface area (Å²) in [7, 11) is -9.91. The molecule has 2 unspecified atom stereocenters. The highest BCUT2D eigenvalue weighted by Gasteiger charge is 2.30. The number of unbranched alkanes of at least 4 members (excludes halogenated alkanes) is 42. The van der Waals surface area contributed by atoms with Crippen LogP contribution in [0.3, 0.4) is 0 Å². The summed E-state index contributed by atoms with van der Waals surface area (Å²) in [6.07, 6.45) is 53.0. The molecular formula is C76H148O17P2. The van der Waals surface area contributed by atoms with Gasteiger partial charge >= 0.3 is 39.5 Å². The van der Waals surface area contributed by atoms with Gasteiger partial charge in [-0.05, 0) is 43.4 Å². The van der Waals surface area contributed by atoms with Crippen molar-refractivity contribution in [1.82, 2.24) is 0 Å². The molecule has 0 amide bonds. The molecule has 0 bridgehead atoms. The van der Waals surface area contributed by atoms with E-state index in [4.69, 9.17) is 37.0 Å². The van der Waals surface area contributed by atoms with E-state index in [1.54, 1.807) is 0 Å². The molecule has 0 aromatic heterocycles. The first-order valence-electron chi connectivity index (χ1n) is 39.3. The van der Waals surface area contributed by atoms with E-state index in [2.05, 4.69) is 48.5 Å². The van der Waals surface area contributed by atoms with Crippen LogP contribution < -0.4 is 0 Å². The minimum absolute atomic E-state index is 0.103. The van der Waals surface area contributed by atoms with Gasteiger partial charge < -0.3 is 33.8 Å². The highest BCUT2D eigenvalue weighted by Crippen LogP contribution is 2.45. The Morgan fingerprint density at radius 2 is 0.484 bits per heavy atom. The maximum absolute atomic E-state index is 13.1. The van der Waals surface area contributed by atoms with Crippen LogP contribution in [0.5, 0.6) is 0 Å². The van der Waals surface area contributed by atoms with E-state index in [0.717, 1.165) is 102 Å². The largest absolute Gasteiger partial charge is 0.472 e. The average molecular weight is 1400 g/mol. The predicted octanol–water partition coefficient (Wildman–Crippen LogP) is 22.2. The first-order chi connectivity index (χ1) is 45.7. The van der Waals surface area contributed by atoms with Crippen LogP contribution in [-0.4, -0.2) is 96.7 Å². The van der Waals surface area contributed by atoms with Crippen LogP contribution in [0.15, 0.2) is 0 Å². The zero-order chi connectivity index (χ0) is 70.1. The Kier molecular flexibility index (Phi) is 65.2. The minimum Gasteiger partial charge on any atom is -0.462 e. The predicted molar refractivity (Wildman–Crippen MR) is 386 cm³/mol.